The van der Waals surface area contributed by atoms with Gasteiger partial charge in [-0.1, -0.05) is 0 Å². The summed E-state index contributed by atoms with van der Waals surface area (Å²) in [6.45, 7) is 1.53. The van der Waals surface area contributed by atoms with Gasteiger partial charge in [0.2, 0.25) is 0 Å². The van der Waals surface area contributed by atoms with Crippen LogP contribution in [0, 0.1) is 0 Å². The molecule has 4 nitrogen and oxygen atoms in total. The van der Waals surface area contributed by atoms with Gasteiger partial charge in [0.05, 0.1) is 0 Å². The Morgan fingerprint density at radius 2 is 2.08 bits per heavy atom. The quantitative estimate of drug-likeness (QED) is 0.582. The molecule has 1 unspecified atom stereocenters. The highest BCUT2D eigenvalue weighted by molar-refractivity contribution is 5.77. The minimum atomic E-state index is -1.48. The maximum absolute atomic E-state index is 10.7. The maximum atomic E-state index is 10.7. The van der Waals surface area contributed by atoms with Gasteiger partial charge in [0.25, 0.3) is 0 Å². The molecule has 12 heavy (non-hydrogen) atoms. The first-order chi connectivity index (χ1) is 5.54. The van der Waals surface area contributed by atoms with E-state index in [4.69, 9.17) is 5.11 Å². The molecule has 1 saturated heterocycles. The Kier molecular flexibility index (Phi) is 2.69. The Hall–Kier alpha value is -0.610. The van der Waals surface area contributed by atoms with Crippen LogP contribution in [0.2, 0.25) is 0 Å². The molecule has 0 bridgehead atoms. The molecule has 0 aromatic carbocycles. The van der Waals surface area contributed by atoms with E-state index in [0.29, 0.717) is 19.4 Å². The second-order valence-corrected chi connectivity index (χ2v) is 3.49. The summed E-state index contributed by atoms with van der Waals surface area (Å²) in [6, 6.07) is 0. The molecule has 4 heteroatoms. The Balaban J connectivity index is 2.61. The van der Waals surface area contributed by atoms with E-state index in [9.17, 15) is 9.90 Å². The topological polar surface area (TPSA) is 60.8 Å². The molecule has 0 aromatic heterocycles. The molecular weight excluding hydrogens is 158 g/mol. The Morgan fingerprint density at radius 1 is 1.42 bits per heavy atom. The van der Waals surface area contributed by atoms with Gasteiger partial charge in [-0.25, -0.2) is 4.79 Å². The molecule has 0 aromatic rings. The van der Waals surface area contributed by atoms with Crippen LogP contribution in [-0.2, 0) is 4.79 Å². The molecule has 1 rings (SSSR count). The standard InChI is InChI=1S/C8H15NO3/c1-9-5-2-3-8(12,4-6-9)7(10)11/h12H,2-6H2,1H3,(H,10,11). The summed E-state index contributed by atoms with van der Waals surface area (Å²) >= 11 is 0. The van der Waals surface area contributed by atoms with Crippen LogP contribution >= 0.6 is 0 Å². The normalized spacial score (nSPS) is 32.8. The van der Waals surface area contributed by atoms with Crippen molar-refractivity contribution in [2.45, 2.75) is 24.9 Å². The molecule has 70 valence electrons. The zero-order valence-electron chi connectivity index (χ0n) is 7.29. The number of aliphatic hydroxyl groups is 1. The van der Waals surface area contributed by atoms with E-state index in [2.05, 4.69) is 0 Å². The number of rotatable bonds is 1. The van der Waals surface area contributed by atoms with Crippen molar-refractivity contribution in [3.63, 3.8) is 0 Å². The van der Waals surface area contributed by atoms with Crippen LogP contribution in [0.4, 0.5) is 0 Å². The second-order valence-electron chi connectivity index (χ2n) is 3.49. The minimum Gasteiger partial charge on any atom is -0.479 e. The number of aliphatic carboxylic acids is 1. The van der Waals surface area contributed by atoms with Crippen LogP contribution in [0.15, 0.2) is 0 Å². The predicted molar refractivity (Wildman–Crippen MR) is 43.9 cm³/mol. The van der Waals surface area contributed by atoms with E-state index < -0.39 is 11.6 Å². The number of hydrogen-bond acceptors (Lipinski definition) is 3. The molecule has 1 atom stereocenters. The SMILES string of the molecule is CN1CCCC(O)(C(=O)O)CC1. The van der Waals surface area contributed by atoms with Crippen LogP contribution in [0.1, 0.15) is 19.3 Å². The summed E-state index contributed by atoms with van der Waals surface area (Å²) in [5.74, 6) is -1.09. The number of hydrogen-bond donors (Lipinski definition) is 2. The van der Waals surface area contributed by atoms with Gasteiger partial charge in [-0.2, -0.15) is 0 Å². The smallest absolute Gasteiger partial charge is 0.335 e. The highest BCUT2D eigenvalue weighted by Gasteiger charge is 2.36. The van der Waals surface area contributed by atoms with Crippen LogP contribution in [0.25, 0.3) is 0 Å². The monoisotopic (exact) mass is 173 g/mol. The Bertz CT molecular complexity index is 183. The average Bonchev–Trinajstić information content (AvgIpc) is 2.15. The van der Waals surface area contributed by atoms with Gasteiger partial charge in [-0.3, -0.25) is 0 Å². The zero-order valence-corrected chi connectivity index (χ0v) is 7.29. The zero-order chi connectivity index (χ0) is 9.19. The fourth-order valence-corrected chi connectivity index (χ4v) is 1.47. The predicted octanol–water partition coefficient (Wildman–Crippen LogP) is -0.0822. The third-order valence-corrected chi connectivity index (χ3v) is 2.44. The van der Waals surface area contributed by atoms with Gasteiger partial charge < -0.3 is 15.1 Å². The molecular formula is C8H15NO3. The Morgan fingerprint density at radius 3 is 2.67 bits per heavy atom. The maximum Gasteiger partial charge on any atom is 0.335 e. The van der Waals surface area contributed by atoms with Crippen molar-refractivity contribution in [2.75, 3.05) is 20.1 Å². The third kappa shape index (κ3) is 1.95. The van der Waals surface area contributed by atoms with Gasteiger partial charge in [-0.15, -0.1) is 0 Å². The molecule has 2 N–H and O–H groups in total. The van der Waals surface area contributed by atoms with E-state index in [1.165, 1.54) is 0 Å². The van der Waals surface area contributed by atoms with Crippen molar-refractivity contribution in [1.82, 2.24) is 4.90 Å². The van der Waals surface area contributed by atoms with Gasteiger partial charge in [0, 0.05) is 6.54 Å². The van der Waals surface area contributed by atoms with Gasteiger partial charge in [0.1, 0.15) is 0 Å². The molecule has 0 spiro atoms. The number of carboxylic acids is 1. The van der Waals surface area contributed by atoms with Crippen LogP contribution < -0.4 is 0 Å². The molecule has 0 aliphatic carbocycles. The summed E-state index contributed by atoms with van der Waals surface area (Å²) in [5.41, 5.74) is -1.48. The third-order valence-electron chi connectivity index (χ3n) is 2.44. The first-order valence-corrected chi connectivity index (χ1v) is 4.19. The lowest BCUT2D eigenvalue weighted by Crippen LogP contribution is -2.39. The van der Waals surface area contributed by atoms with E-state index in [1.54, 1.807) is 0 Å². The first-order valence-electron chi connectivity index (χ1n) is 4.19. The van der Waals surface area contributed by atoms with Gasteiger partial charge >= 0.3 is 5.97 Å². The fraction of sp³-hybridized carbons (Fsp3) is 0.875. The Labute approximate surface area is 71.8 Å². The van der Waals surface area contributed by atoms with Gasteiger partial charge in [0.15, 0.2) is 5.60 Å². The molecule has 1 heterocycles. The lowest BCUT2D eigenvalue weighted by atomic mass is 9.95. The van der Waals surface area contributed by atoms with Crippen LogP contribution in [0.5, 0.6) is 0 Å². The van der Waals surface area contributed by atoms with Crippen molar-refractivity contribution >= 4 is 5.97 Å². The molecule has 0 saturated carbocycles. The van der Waals surface area contributed by atoms with E-state index >= 15 is 0 Å². The highest BCUT2D eigenvalue weighted by atomic mass is 16.4. The van der Waals surface area contributed by atoms with Crippen molar-refractivity contribution in [3.05, 3.63) is 0 Å². The molecule has 1 aliphatic rings. The summed E-state index contributed by atoms with van der Waals surface area (Å²) in [4.78, 5) is 12.7. The lowest BCUT2D eigenvalue weighted by Gasteiger charge is -2.20. The first kappa shape index (κ1) is 9.48. The number of nitrogens with zero attached hydrogens (tertiary/aromatic N) is 1. The highest BCUT2D eigenvalue weighted by Crippen LogP contribution is 2.21. The fourth-order valence-electron chi connectivity index (χ4n) is 1.47. The molecule has 0 radical (unpaired) electrons. The van der Waals surface area contributed by atoms with Crippen LogP contribution in [0.3, 0.4) is 0 Å². The molecule has 0 amide bonds. The van der Waals surface area contributed by atoms with Crippen molar-refractivity contribution in [2.24, 2.45) is 0 Å². The summed E-state index contributed by atoms with van der Waals surface area (Å²) in [5, 5.41) is 18.4. The number of carboxylic acid groups (broad SMARTS) is 1. The average molecular weight is 173 g/mol. The van der Waals surface area contributed by atoms with Crippen LogP contribution in [-0.4, -0.2) is 46.8 Å². The van der Waals surface area contributed by atoms with Crippen molar-refractivity contribution in [1.29, 1.82) is 0 Å². The van der Waals surface area contributed by atoms with Crippen molar-refractivity contribution in [3.8, 4) is 0 Å². The lowest BCUT2D eigenvalue weighted by molar-refractivity contribution is -0.159. The molecule has 1 fully saturated rings. The summed E-state index contributed by atoms with van der Waals surface area (Å²) < 4.78 is 0. The summed E-state index contributed by atoms with van der Waals surface area (Å²) in [6.07, 6.45) is 1.45. The molecule has 1 aliphatic heterocycles. The minimum absolute atomic E-state index is 0.332. The largest absolute Gasteiger partial charge is 0.479 e. The number of likely N-dealkylation sites (tertiary alicyclic amines) is 1. The van der Waals surface area contributed by atoms with E-state index in [0.717, 1.165) is 13.0 Å². The number of carbonyl (C=O) groups is 1. The van der Waals surface area contributed by atoms with Crippen molar-refractivity contribution < 1.29 is 15.0 Å². The second kappa shape index (κ2) is 3.41. The van der Waals surface area contributed by atoms with E-state index in [-0.39, 0.29) is 0 Å². The van der Waals surface area contributed by atoms with E-state index in [1.807, 2.05) is 11.9 Å². The summed E-state index contributed by atoms with van der Waals surface area (Å²) in [7, 11) is 1.94. The van der Waals surface area contributed by atoms with Gasteiger partial charge in [-0.05, 0) is 32.9 Å².